The molecule has 3 aliphatic rings. The van der Waals surface area contributed by atoms with Crippen LogP contribution >= 0.6 is 0 Å². The lowest BCUT2D eigenvalue weighted by Crippen LogP contribution is -2.50. The Bertz CT molecular complexity index is 1540. The van der Waals surface area contributed by atoms with E-state index in [0.29, 0.717) is 67.3 Å². The van der Waals surface area contributed by atoms with Crippen LogP contribution in [0.15, 0.2) is 28.7 Å². The van der Waals surface area contributed by atoms with Gasteiger partial charge < -0.3 is 34.2 Å². The molecule has 1 aliphatic heterocycles. The fourth-order valence-electron chi connectivity index (χ4n) is 8.29. The molecular formula is C40H58FN3O8. The number of furan rings is 1. The predicted octanol–water partition coefficient (Wildman–Crippen LogP) is 7.67. The highest BCUT2D eigenvalue weighted by atomic mass is 19.1. The Kier molecular flexibility index (Phi) is 13.3. The van der Waals surface area contributed by atoms with Crippen molar-refractivity contribution in [2.24, 2.45) is 29.6 Å². The predicted molar refractivity (Wildman–Crippen MR) is 196 cm³/mol. The molecule has 2 saturated carbocycles. The number of nitrogens with zero attached hydrogens (tertiary/aromatic N) is 1. The minimum atomic E-state index is -0.710. The molecule has 5 rings (SSSR count). The smallest absolute Gasteiger partial charge is 0.407 e. The summed E-state index contributed by atoms with van der Waals surface area (Å²) in [6.45, 7) is 9.51. The van der Waals surface area contributed by atoms with E-state index in [-0.39, 0.29) is 41.4 Å². The zero-order valence-corrected chi connectivity index (χ0v) is 31.7. The number of halogens is 1. The van der Waals surface area contributed by atoms with Gasteiger partial charge in [0.1, 0.15) is 23.9 Å². The largest absolute Gasteiger partial charge is 0.460 e. The molecule has 3 amide bonds. The Labute approximate surface area is 307 Å². The molecule has 0 bridgehead atoms. The van der Waals surface area contributed by atoms with Crippen molar-refractivity contribution >= 4 is 40.5 Å². The van der Waals surface area contributed by atoms with Gasteiger partial charge in [-0.1, -0.05) is 13.8 Å². The lowest BCUT2D eigenvalue weighted by atomic mass is 9.75. The van der Waals surface area contributed by atoms with E-state index in [1.165, 1.54) is 0 Å². The molecular weight excluding hydrogens is 669 g/mol. The average molecular weight is 728 g/mol. The van der Waals surface area contributed by atoms with Crippen molar-refractivity contribution in [2.45, 2.75) is 123 Å². The topological polar surface area (TPSA) is 136 Å². The summed E-state index contributed by atoms with van der Waals surface area (Å²) < 4.78 is 36.2. The van der Waals surface area contributed by atoms with Gasteiger partial charge >= 0.3 is 12.1 Å². The van der Waals surface area contributed by atoms with Gasteiger partial charge in [0, 0.05) is 30.6 Å². The number of methoxy groups -OCH3 is 1. The number of fused-ring (bicyclic) bond motifs is 1. The second kappa shape index (κ2) is 17.4. The maximum atomic E-state index is 14.3. The number of likely N-dealkylation sites (tertiary alicyclic amines) is 1. The molecule has 11 nitrogen and oxygen atoms in total. The number of hydrogen-bond acceptors (Lipinski definition) is 8. The molecule has 288 valence electrons. The molecule has 2 heterocycles. The Balaban J connectivity index is 1.27. The summed E-state index contributed by atoms with van der Waals surface area (Å²) in [6, 6.07) is 5.55. The van der Waals surface area contributed by atoms with Crippen LogP contribution in [0.1, 0.15) is 109 Å². The minimum Gasteiger partial charge on any atom is -0.460 e. The second-order valence-corrected chi connectivity index (χ2v) is 16.4. The number of rotatable bonds is 12. The van der Waals surface area contributed by atoms with E-state index in [2.05, 4.69) is 24.5 Å². The van der Waals surface area contributed by atoms with E-state index in [9.17, 15) is 23.6 Å². The van der Waals surface area contributed by atoms with Crippen LogP contribution < -0.4 is 10.6 Å². The normalized spacial score (nSPS) is 25.9. The second-order valence-electron chi connectivity index (χ2n) is 16.4. The molecule has 1 saturated heterocycles. The zero-order chi connectivity index (χ0) is 37.6. The van der Waals surface area contributed by atoms with Crippen molar-refractivity contribution in [1.82, 2.24) is 10.2 Å². The van der Waals surface area contributed by atoms with E-state index in [1.807, 2.05) is 0 Å². The molecule has 1 aromatic heterocycles. The summed E-state index contributed by atoms with van der Waals surface area (Å²) in [7, 11) is 1.74. The molecule has 12 heteroatoms. The highest BCUT2D eigenvalue weighted by Crippen LogP contribution is 2.42. The Morgan fingerprint density at radius 2 is 1.69 bits per heavy atom. The molecule has 3 fully saturated rings. The van der Waals surface area contributed by atoms with Crippen LogP contribution in [0.4, 0.5) is 14.9 Å². The fraction of sp³-hybridized carbons (Fsp3) is 0.700. The number of benzene rings is 1. The standard InChI is InChI=1S/C40H58FN3O8/c1-24(2)18-20-50-38(47)34-22-28-21-29(13-16-33(28)51-34)42-36(45)35-31(25-11-14-30(49-6)15-12-25)17-19-44(35)37(46)27-9-7-26(8-10-27)32(23-41)43-39(48)52-40(3,4)5/h13,16,21-22,24-27,30-32,35H,7-12,14-15,17-20,23H2,1-6H3,(H,42,45)(H,43,48)/t25?,26-,27-,30?,31-,32+,35-/m0/s1. The number of hydrogen-bond donors (Lipinski definition) is 2. The average Bonchev–Trinajstić information content (AvgIpc) is 3.75. The van der Waals surface area contributed by atoms with E-state index < -0.39 is 36.4 Å². The molecule has 1 aromatic carbocycles. The van der Waals surface area contributed by atoms with Crippen molar-refractivity contribution < 1.29 is 42.2 Å². The zero-order valence-electron chi connectivity index (χ0n) is 31.7. The molecule has 2 aromatic rings. The number of amides is 3. The monoisotopic (exact) mass is 727 g/mol. The molecule has 0 unspecified atom stereocenters. The molecule has 0 radical (unpaired) electrons. The number of nitrogens with one attached hydrogen (secondary N) is 2. The van der Waals surface area contributed by atoms with Crippen molar-refractivity contribution in [3.8, 4) is 0 Å². The fourth-order valence-corrected chi connectivity index (χ4v) is 8.29. The van der Waals surface area contributed by atoms with Gasteiger partial charge in [-0.25, -0.2) is 14.0 Å². The number of alkyl halides is 1. The first-order valence-electron chi connectivity index (χ1n) is 19.2. The first kappa shape index (κ1) is 39.5. The number of ether oxygens (including phenoxy) is 3. The molecule has 3 atom stereocenters. The third kappa shape index (κ3) is 10.0. The molecule has 2 N–H and O–H groups in total. The van der Waals surface area contributed by atoms with Gasteiger partial charge in [-0.05, 0) is 133 Å². The van der Waals surface area contributed by atoms with Crippen LogP contribution in [-0.2, 0) is 23.8 Å². The first-order chi connectivity index (χ1) is 24.8. The van der Waals surface area contributed by atoms with Crippen LogP contribution in [0.3, 0.4) is 0 Å². The highest BCUT2D eigenvalue weighted by molar-refractivity contribution is 6.00. The number of carbonyl (C=O) groups is 4. The lowest BCUT2D eigenvalue weighted by Gasteiger charge is -2.38. The van der Waals surface area contributed by atoms with Crippen molar-refractivity contribution in [3.05, 3.63) is 30.0 Å². The summed E-state index contributed by atoms with van der Waals surface area (Å²) >= 11 is 0. The first-order valence-corrected chi connectivity index (χ1v) is 19.2. The minimum absolute atomic E-state index is 0.0110. The van der Waals surface area contributed by atoms with Crippen molar-refractivity contribution in [2.75, 3.05) is 32.3 Å². The van der Waals surface area contributed by atoms with Crippen LogP contribution in [0.25, 0.3) is 11.0 Å². The van der Waals surface area contributed by atoms with Gasteiger partial charge in [-0.2, -0.15) is 0 Å². The number of esters is 1. The molecule has 0 spiro atoms. The quantitative estimate of drug-likeness (QED) is 0.213. The third-order valence-electron chi connectivity index (χ3n) is 11.1. The Morgan fingerprint density at radius 1 is 0.981 bits per heavy atom. The summed E-state index contributed by atoms with van der Waals surface area (Å²) in [5, 5.41) is 6.45. The van der Waals surface area contributed by atoms with E-state index in [1.54, 1.807) is 57.0 Å². The van der Waals surface area contributed by atoms with Crippen molar-refractivity contribution in [3.63, 3.8) is 0 Å². The van der Waals surface area contributed by atoms with Crippen LogP contribution in [-0.4, -0.2) is 79.5 Å². The Morgan fingerprint density at radius 3 is 2.33 bits per heavy atom. The highest BCUT2D eigenvalue weighted by Gasteiger charge is 2.47. The van der Waals surface area contributed by atoms with Gasteiger partial charge in [0.05, 0.1) is 18.8 Å². The summed E-state index contributed by atoms with van der Waals surface area (Å²) in [5.41, 5.74) is 0.368. The van der Waals surface area contributed by atoms with E-state index in [0.717, 1.165) is 38.5 Å². The van der Waals surface area contributed by atoms with E-state index >= 15 is 0 Å². The van der Waals surface area contributed by atoms with Crippen LogP contribution in [0.2, 0.25) is 0 Å². The van der Waals surface area contributed by atoms with Gasteiger partial charge in [0.2, 0.25) is 17.6 Å². The molecule has 2 aliphatic carbocycles. The maximum Gasteiger partial charge on any atom is 0.407 e. The summed E-state index contributed by atoms with van der Waals surface area (Å²) in [6.07, 6.45) is 7.10. The van der Waals surface area contributed by atoms with Gasteiger partial charge in [-0.3, -0.25) is 9.59 Å². The summed E-state index contributed by atoms with van der Waals surface area (Å²) in [5.74, 6) is -0.358. The van der Waals surface area contributed by atoms with Gasteiger partial charge in [-0.15, -0.1) is 0 Å². The Hall–Kier alpha value is -3.67. The SMILES string of the molecule is COC1CCC([C@@H]2CCN(C(=O)[C@H]3CC[C@H]([C@@H](CF)NC(=O)OC(C)(C)C)CC3)[C@@H]2C(=O)Nc2ccc3oc(C(=O)OCCC(C)C)cc3c2)CC1. The maximum absolute atomic E-state index is 14.3. The number of carbonyl (C=O) groups excluding carboxylic acids is 4. The van der Waals surface area contributed by atoms with E-state index in [4.69, 9.17) is 18.6 Å². The molecule has 52 heavy (non-hydrogen) atoms. The third-order valence-corrected chi connectivity index (χ3v) is 11.1. The summed E-state index contributed by atoms with van der Waals surface area (Å²) in [4.78, 5) is 55.2. The lowest BCUT2D eigenvalue weighted by molar-refractivity contribution is -0.142. The van der Waals surface area contributed by atoms with Crippen LogP contribution in [0.5, 0.6) is 0 Å². The van der Waals surface area contributed by atoms with Crippen LogP contribution in [0, 0.1) is 29.6 Å². The number of anilines is 1. The number of alkyl carbamates (subject to hydrolysis) is 1. The van der Waals surface area contributed by atoms with Crippen molar-refractivity contribution in [1.29, 1.82) is 0 Å². The van der Waals surface area contributed by atoms with Gasteiger partial charge in [0.25, 0.3) is 0 Å². The van der Waals surface area contributed by atoms with Gasteiger partial charge in [0.15, 0.2) is 0 Å².